The monoisotopic (exact) mass is 386 g/mol. The molecular formula is C16H16F2N2O3S2. The molecule has 0 fully saturated rings. The predicted molar refractivity (Wildman–Crippen MR) is 91.6 cm³/mol. The van der Waals surface area contributed by atoms with E-state index in [1.807, 2.05) is 0 Å². The number of halogens is 2. The summed E-state index contributed by atoms with van der Waals surface area (Å²) >= 11 is 1.09. The van der Waals surface area contributed by atoms with Crippen molar-refractivity contribution in [2.24, 2.45) is 5.73 Å². The molecule has 134 valence electrons. The van der Waals surface area contributed by atoms with Crippen molar-refractivity contribution < 1.29 is 22.0 Å². The van der Waals surface area contributed by atoms with Gasteiger partial charge in [0.2, 0.25) is 15.9 Å². The molecule has 3 N–H and O–H groups in total. The summed E-state index contributed by atoms with van der Waals surface area (Å²) in [4.78, 5) is 11.2. The molecule has 0 unspecified atom stereocenters. The van der Waals surface area contributed by atoms with Crippen molar-refractivity contribution in [3.8, 4) is 0 Å². The third kappa shape index (κ3) is 5.52. The lowest BCUT2D eigenvalue weighted by atomic mass is 10.1. The molecule has 25 heavy (non-hydrogen) atoms. The van der Waals surface area contributed by atoms with Gasteiger partial charge in [-0.15, -0.1) is 11.8 Å². The van der Waals surface area contributed by atoms with Crippen LogP contribution in [-0.2, 0) is 21.2 Å². The van der Waals surface area contributed by atoms with Crippen LogP contribution in [0.15, 0.2) is 52.3 Å². The highest BCUT2D eigenvalue weighted by molar-refractivity contribution is 7.99. The number of nitrogens with two attached hydrogens (primary N) is 1. The Morgan fingerprint density at radius 1 is 1.12 bits per heavy atom. The molecule has 0 aliphatic rings. The Morgan fingerprint density at radius 3 is 2.28 bits per heavy atom. The molecular weight excluding hydrogens is 370 g/mol. The van der Waals surface area contributed by atoms with E-state index in [-0.39, 0.29) is 22.8 Å². The van der Waals surface area contributed by atoms with Gasteiger partial charge in [-0.25, -0.2) is 21.9 Å². The number of sulfonamides is 1. The van der Waals surface area contributed by atoms with E-state index >= 15 is 0 Å². The summed E-state index contributed by atoms with van der Waals surface area (Å²) in [7, 11) is -3.61. The van der Waals surface area contributed by atoms with E-state index in [2.05, 4.69) is 4.72 Å². The van der Waals surface area contributed by atoms with Gasteiger partial charge in [-0.05, 0) is 24.3 Å². The molecule has 0 bridgehead atoms. The third-order valence-corrected chi connectivity index (χ3v) is 5.64. The fraction of sp³-hybridized carbons (Fsp3) is 0.188. The maximum Gasteiger partial charge on any atom is 0.240 e. The second kappa shape index (κ2) is 8.41. The van der Waals surface area contributed by atoms with Crippen LogP contribution in [-0.4, -0.2) is 26.6 Å². The maximum absolute atomic E-state index is 13.8. The molecule has 5 nitrogen and oxygen atoms in total. The zero-order valence-electron chi connectivity index (χ0n) is 13.0. The van der Waals surface area contributed by atoms with Crippen LogP contribution in [0.5, 0.6) is 0 Å². The van der Waals surface area contributed by atoms with Crippen molar-refractivity contribution in [3.05, 3.63) is 59.7 Å². The van der Waals surface area contributed by atoms with Crippen molar-refractivity contribution in [3.63, 3.8) is 0 Å². The first kappa shape index (κ1) is 19.4. The fourth-order valence-electron chi connectivity index (χ4n) is 2.03. The van der Waals surface area contributed by atoms with Crippen LogP contribution < -0.4 is 10.5 Å². The summed E-state index contributed by atoms with van der Waals surface area (Å²) in [5, 5.41) is 0. The highest BCUT2D eigenvalue weighted by Crippen LogP contribution is 2.24. The Morgan fingerprint density at radius 2 is 1.72 bits per heavy atom. The minimum absolute atomic E-state index is 0.0914. The van der Waals surface area contributed by atoms with Gasteiger partial charge < -0.3 is 5.73 Å². The quantitative estimate of drug-likeness (QED) is 0.537. The van der Waals surface area contributed by atoms with E-state index in [0.717, 1.165) is 23.9 Å². The van der Waals surface area contributed by atoms with Crippen LogP contribution in [0.4, 0.5) is 8.78 Å². The molecule has 0 saturated heterocycles. The molecule has 0 radical (unpaired) electrons. The van der Waals surface area contributed by atoms with Gasteiger partial charge in [-0.2, -0.15) is 0 Å². The average molecular weight is 386 g/mol. The molecule has 2 rings (SSSR count). The van der Waals surface area contributed by atoms with Gasteiger partial charge in [-0.1, -0.05) is 18.2 Å². The fourth-order valence-corrected chi connectivity index (χ4v) is 4.03. The van der Waals surface area contributed by atoms with Crippen molar-refractivity contribution >= 4 is 27.7 Å². The third-order valence-electron chi connectivity index (χ3n) is 3.18. The zero-order chi connectivity index (χ0) is 18.4. The maximum atomic E-state index is 13.8. The summed E-state index contributed by atoms with van der Waals surface area (Å²) < 4.78 is 54.1. The van der Waals surface area contributed by atoms with E-state index in [0.29, 0.717) is 4.90 Å². The predicted octanol–water partition coefficient (Wildman–Crippen LogP) is 2.06. The number of hydrogen-bond donors (Lipinski definition) is 2. The van der Waals surface area contributed by atoms with Gasteiger partial charge in [0, 0.05) is 22.8 Å². The van der Waals surface area contributed by atoms with Crippen LogP contribution in [0.1, 0.15) is 5.56 Å². The Kier molecular flexibility index (Phi) is 6.51. The van der Waals surface area contributed by atoms with E-state index < -0.39 is 34.0 Å². The van der Waals surface area contributed by atoms with Gasteiger partial charge >= 0.3 is 0 Å². The number of carbonyl (C=O) groups is 1. The van der Waals surface area contributed by atoms with Crippen LogP contribution in [0.25, 0.3) is 0 Å². The summed E-state index contributed by atoms with van der Waals surface area (Å²) in [6.07, 6.45) is -0.514. The SMILES string of the molecule is NC(=O)Cc1c(F)cc(SCCNS(=O)(=O)c2ccccc2)cc1F. The van der Waals surface area contributed by atoms with Crippen LogP contribution in [0.3, 0.4) is 0 Å². The van der Waals surface area contributed by atoms with E-state index in [1.54, 1.807) is 18.2 Å². The van der Waals surface area contributed by atoms with Crippen molar-refractivity contribution in [1.29, 1.82) is 0 Å². The van der Waals surface area contributed by atoms with Crippen molar-refractivity contribution in [1.82, 2.24) is 4.72 Å². The topological polar surface area (TPSA) is 89.3 Å². The number of carbonyl (C=O) groups excluding carboxylic acids is 1. The molecule has 0 heterocycles. The normalized spacial score (nSPS) is 11.4. The summed E-state index contributed by atoms with van der Waals surface area (Å²) in [5.74, 6) is -2.26. The first-order chi connectivity index (χ1) is 11.8. The first-order valence-corrected chi connectivity index (χ1v) is 9.70. The van der Waals surface area contributed by atoms with E-state index in [9.17, 15) is 22.0 Å². The second-order valence-electron chi connectivity index (χ2n) is 5.07. The number of rotatable bonds is 8. The summed E-state index contributed by atoms with van der Waals surface area (Å²) in [5.41, 5.74) is 4.57. The van der Waals surface area contributed by atoms with Gasteiger partial charge in [-0.3, -0.25) is 4.79 Å². The van der Waals surface area contributed by atoms with Crippen LogP contribution >= 0.6 is 11.8 Å². The van der Waals surface area contributed by atoms with Crippen molar-refractivity contribution in [2.45, 2.75) is 16.2 Å². The lowest BCUT2D eigenvalue weighted by Gasteiger charge is -2.08. The average Bonchev–Trinajstić information content (AvgIpc) is 2.56. The molecule has 0 saturated carbocycles. The standard InChI is InChI=1S/C16H16F2N2O3S2/c17-14-8-11(9-15(18)13(14)10-16(19)21)24-7-6-20-25(22,23)12-4-2-1-3-5-12/h1-5,8-9,20H,6-7,10H2,(H2,19,21). The molecule has 0 aliphatic carbocycles. The number of hydrogen-bond acceptors (Lipinski definition) is 4. The zero-order valence-corrected chi connectivity index (χ0v) is 14.7. The Bertz CT molecular complexity index is 836. The van der Waals surface area contributed by atoms with Gasteiger partial charge in [0.25, 0.3) is 0 Å². The van der Waals surface area contributed by atoms with E-state index in [4.69, 9.17) is 5.73 Å². The lowest BCUT2D eigenvalue weighted by Crippen LogP contribution is -2.25. The minimum atomic E-state index is -3.61. The summed E-state index contributed by atoms with van der Waals surface area (Å²) in [6, 6.07) is 10.1. The van der Waals surface area contributed by atoms with Crippen LogP contribution in [0, 0.1) is 11.6 Å². The number of benzene rings is 2. The largest absolute Gasteiger partial charge is 0.369 e. The smallest absolute Gasteiger partial charge is 0.240 e. The first-order valence-electron chi connectivity index (χ1n) is 7.23. The number of thioether (sulfide) groups is 1. The highest BCUT2D eigenvalue weighted by atomic mass is 32.2. The number of amides is 1. The van der Waals surface area contributed by atoms with Gasteiger partial charge in [0.1, 0.15) is 11.6 Å². The molecule has 0 aliphatic heterocycles. The Hall–Kier alpha value is -1.97. The minimum Gasteiger partial charge on any atom is -0.369 e. The molecule has 0 aromatic heterocycles. The number of primary amides is 1. The molecule has 9 heteroatoms. The van der Waals surface area contributed by atoms with Crippen molar-refractivity contribution in [2.75, 3.05) is 12.3 Å². The molecule has 2 aromatic carbocycles. The van der Waals surface area contributed by atoms with Crippen LogP contribution in [0.2, 0.25) is 0 Å². The molecule has 0 spiro atoms. The van der Waals surface area contributed by atoms with E-state index in [1.165, 1.54) is 12.1 Å². The van der Waals surface area contributed by atoms with Gasteiger partial charge in [0.05, 0.1) is 11.3 Å². The second-order valence-corrected chi connectivity index (χ2v) is 8.00. The number of nitrogens with one attached hydrogen (secondary N) is 1. The molecule has 0 atom stereocenters. The highest BCUT2D eigenvalue weighted by Gasteiger charge is 2.15. The Balaban J connectivity index is 1.93. The molecule has 2 aromatic rings. The lowest BCUT2D eigenvalue weighted by molar-refractivity contribution is -0.117. The Labute approximate surface area is 148 Å². The molecule has 1 amide bonds. The summed E-state index contributed by atoms with van der Waals surface area (Å²) in [6.45, 7) is 0.0914. The van der Waals surface area contributed by atoms with Gasteiger partial charge in [0.15, 0.2) is 0 Å².